The van der Waals surface area contributed by atoms with E-state index < -0.39 is 0 Å². The van der Waals surface area contributed by atoms with Crippen molar-refractivity contribution in [2.24, 2.45) is 0 Å². The van der Waals surface area contributed by atoms with Crippen LogP contribution in [0.4, 0.5) is 5.69 Å². The molecule has 1 fully saturated rings. The van der Waals surface area contributed by atoms with Gasteiger partial charge in [-0.3, -0.25) is 0 Å². The zero-order valence-electron chi connectivity index (χ0n) is 8.20. The minimum absolute atomic E-state index is 0.0915. The summed E-state index contributed by atoms with van der Waals surface area (Å²) in [4.78, 5) is 11.6. The van der Waals surface area contributed by atoms with Crippen molar-refractivity contribution in [3.63, 3.8) is 0 Å². The van der Waals surface area contributed by atoms with E-state index in [2.05, 4.69) is 0 Å². The Bertz CT molecular complexity index is 388. The van der Waals surface area contributed by atoms with Crippen LogP contribution in [0.5, 0.6) is 0 Å². The fourth-order valence-electron chi connectivity index (χ4n) is 1.36. The Morgan fingerprint density at radius 1 is 1.47 bits per heavy atom. The first kappa shape index (κ1) is 10.3. The van der Waals surface area contributed by atoms with Crippen LogP contribution in [-0.4, -0.2) is 12.1 Å². The maximum absolute atomic E-state index is 11.6. The highest BCUT2D eigenvalue weighted by atomic mass is 35.5. The molecule has 0 aromatic heterocycles. The Morgan fingerprint density at radius 3 is 2.73 bits per heavy atom. The largest absolute Gasteiger partial charge is 0.459 e. The molecular formula is C11H12ClNO2. The number of ether oxygens (including phenoxy) is 1. The fourth-order valence-corrected chi connectivity index (χ4v) is 1.54. The van der Waals surface area contributed by atoms with Gasteiger partial charge in [0.2, 0.25) is 0 Å². The van der Waals surface area contributed by atoms with Gasteiger partial charge in [0.25, 0.3) is 0 Å². The molecule has 0 saturated heterocycles. The third-order valence-electron chi connectivity index (χ3n) is 2.56. The number of anilines is 1. The Morgan fingerprint density at radius 2 is 2.20 bits per heavy atom. The van der Waals surface area contributed by atoms with Crippen LogP contribution in [-0.2, 0) is 4.74 Å². The van der Waals surface area contributed by atoms with Crippen LogP contribution in [0.2, 0.25) is 5.02 Å². The summed E-state index contributed by atoms with van der Waals surface area (Å²) < 4.78 is 5.23. The summed E-state index contributed by atoms with van der Waals surface area (Å²) in [5.74, 6) is -0.318. The second kappa shape index (κ2) is 4.11. The number of benzene rings is 1. The van der Waals surface area contributed by atoms with Crippen molar-refractivity contribution in [2.75, 3.05) is 5.73 Å². The van der Waals surface area contributed by atoms with Gasteiger partial charge < -0.3 is 10.5 Å². The van der Waals surface area contributed by atoms with E-state index in [1.54, 1.807) is 12.1 Å². The van der Waals surface area contributed by atoms with Crippen LogP contribution in [0.1, 0.15) is 29.6 Å². The van der Waals surface area contributed by atoms with Crippen molar-refractivity contribution in [3.05, 3.63) is 28.8 Å². The molecule has 15 heavy (non-hydrogen) atoms. The molecule has 0 heterocycles. The van der Waals surface area contributed by atoms with E-state index in [4.69, 9.17) is 22.1 Å². The number of nitrogens with two attached hydrogens (primary N) is 1. The highest BCUT2D eigenvalue weighted by Crippen LogP contribution is 2.25. The fraction of sp³-hybridized carbons (Fsp3) is 0.364. The molecule has 1 aliphatic rings. The van der Waals surface area contributed by atoms with E-state index in [1.165, 1.54) is 6.07 Å². The van der Waals surface area contributed by atoms with Crippen LogP contribution >= 0.6 is 11.6 Å². The SMILES string of the molecule is Nc1ccc(C(=O)OC2CCC2)cc1Cl. The number of esters is 1. The van der Waals surface area contributed by atoms with Gasteiger partial charge in [-0.05, 0) is 37.5 Å². The van der Waals surface area contributed by atoms with Crippen LogP contribution in [0, 0.1) is 0 Å². The van der Waals surface area contributed by atoms with Crippen LogP contribution < -0.4 is 5.73 Å². The molecule has 0 bridgehead atoms. The number of nitrogen functional groups attached to an aromatic ring is 1. The van der Waals surface area contributed by atoms with Crippen molar-refractivity contribution in [2.45, 2.75) is 25.4 Å². The van der Waals surface area contributed by atoms with Gasteiger partial charge in [-0.2, -0.15) is 0 Å². The summed E-state index contributed by atoms with van der Waals surface area (Å²) in [7, 11) is 0. The predicted octanol–water partition coefficient (Wildman–Crippen LogP) is 2.63. The lowest BCUT2D eigenvalue weighted by Crippen LogP contribution is -2.25. The first-order valence-corrected chi connectivity index (χ1v) is 5.30. The van der Waals surface area contributed by atoms with Crippen molar-refractivity contribution in [1.29, 1.82) is 0 Å². The Kier molecular flexibility index (Phi) is 2.82. The Hall–Kier alpha value is -1.22. The maximum atomic E-state index is 11.6. The smallest absolute Gasteiger partial charge is 0.338 e. The quantitative estimate of drug-likeness (QED) is 0.622. The van der Waals surface area contributed by atoms with Gasteiger partial charge >= 0.3 is 5.97 Å². The summed E-state index contributed by atoms with van der Waals surface area (Å²) in [5.41, 5.74) is 6.47. The molecule has 80 valence electrons. The molecule has 0 spiro atoms. The Labute approximate surface area is 93.2 Å². The van der Waals surface area contributed by atoms with E-state index in [0.29, 0.717) is 16.3 Å². The second-order valence-electron chi connectivity index (χ2n) is 3.69. The molecule has 3 nitrogen and oxygen atoms in total. The average molecular weight is 226 g/mol. The van der Waals surface area contributed by atoms with Crippen molar-refractivity contribution in [1.82, 2.24) is 0 Å². The number of hydrogen-bond acceptors (Lipinski definition) is 3. The molecule has 2 N–H and O–H groups in total. The number of carbonyl (C=O) groups is 1. The highest BCUT2D eigenvalue weighted by Gasteiger charge is 2.22. The summed E-state index contributed by atoms with van der Waals surface area (Å²) in [6.45, 7) is 0. The van der Waals surface area contributed by atoms with Gasteiger partial charge in [0.15, 0.2) is 0 Å². The minimum Gasteiger partial charge on any atom is -0.459 e. The topological polar surface area (TPSA) is 52.3 Å². The molecule has 0 unspecified atom stereocenters. The Balaban J connectivity index is 2.07. The van der Waals surface area contributed by atoms with Gasteiger partial charge in [0.05, 0.1) is 16.3 Å². The van der Waals surface area contributed by atoms with E-state index in [0.717, 1.165) is 19.3 Å². The third-order valence-corrected chi connectivity index (χ3v) is 2.89. The van der Waals surface area contributed by atoms with Gasteiger partial charge in [0, 0.05) is 0 Å². The molecule has 0 atom stereocenters. The molecule has 0 radical (unpaired) electrons. The van der Waals surface area contributed by atoms with Gasteiger partial charge in [-0.1, -0.05) is 11.6 Å². The lowest BCUT2D eigenvalue weighted by molar-refractivity contribution is 0.00901. The van der Waals surface area contributed by atoms with E-state index >= 15 is 0 Å². The molecule has 0 amide bonds. The molecule has 1 aromatic rings. The van der Waals surface area contributed by atoms with Crippen molar-refractivity contribution in [3.8, 4) is 0 Å². The normalized spacial score (nSPS) is 15.8. The molecule has 0 aliphatic heterocycles. The molecule has 1 aromatic carbocycles. The molecule has 1 aliphatic carbocycles. The lowest BCUT2D eigenvalue weighted by Gasteiger charge is -2.25. The number of halogens is 1. The van der Waals surface area contributed by atoms with Gasteiger partial charge in [0.1, 0.15) is 6.10 Å². The minimum atomic E-state index is -0.318. The van der Waals surface area contributed by atoms with Crippen LogP contribution in [0.25, 0.3) is 0 Å². The number of rotatable bonds is 2. The predicted molar refractivity (Wildman–Crippen MR) is 58.9 cm³/mol. The number of hydrogen-bond donors (Lipinski definition) is 1. The van der Waals surface area contributed by atoms with Gasteiger partial charge in [-0.25, -0.2) is 4.79 Å². The zero-order valence-corrected chi connectivity index (χ0v) is 8.96. The number of carbonyl (C=O) groups excluding carboxylic acids is 1. The first-order valence-electron chi connectivity index (χ1n) is 4.93. The van der Waals surface area contributed by atoms with Crippen LogP contribution in [0.3, 0.4) is 0 Å². The van der Waals surface area contributed by atoms with E-state index in [1.807, 2.05) is 0 Å². The third kappa shape index (κ3) is 2.23. The van der Waals surface area contributed by atoms with Crippen molar-refractivity contribution >= 4 is 23.3 Å². The monoisotopic (exact) mass is 225 g/mol. The maximum Gasteiger partial charge on any atom is 0.338 e. The van der Waals surface area contributed by atoms with E-state index in [9.17, 15) is 4.79 Å². The second-order valence-corrected chi connectivity index (χ2v) is 4.10. The molecule has 4 heteroatoms. The summed E-state index contributed by atoms with van der Waals surface area (Å²) in [5, 5.41) is 0.387. The zero-order chi connectivity index (χ0) is 10.8. The standard InChI is InChI=1S/C11H12ClNO2/c12-9-6-7(4-5-10(9)13)11(14)15-8-2-1-3-8/h4-6,8H,1-3,13H2. The molecule has 1 saturated carbocycles. The summed E-state index contributed by atoms with van der Waals surface area (Å²) >= 11 is 5.81. The highest BCUT2D eigenvalue weighted by molar-refractivity contribution is 6.33. The average Bonchev–Trinajstić information content (AvgIpc) is 2.15. The van der Waals surface area contributed by atoms with E-state index in [-0.39, 0.29) is 12.1 Å². The molecule has 2 rings (SSSR count). The summed E-state index contributed by atoms with van der Waals surface area (Å²) in [6, 6.07) is 4.78. The van der Waals surface area contributed by atoms with Gasteiger partial charge in [-0.15, -0.1) is 0 Å². The summed E-state index contributed by atoms with van der Waals surface area (Å²) in [6.07, 6.45) is 3.16. The lowest BCUT2D eigenvalue weighted by atomic mass is 9.96. The van der Waals surface area contributed by atoms with Crippen LogP contribution in [0.15, 0.2) is 18.2 Å². The molecular weight excluding hydrogens is 214 g/mol. The van der Waals surface area contributed by atoms with Crippen molar-refractivity contribution < 1.29 is 9.53 Å². The first-order chi connectivity index (χ1) is 7.16.